The Bertz CT molecular complexity index is 1330. The molecule has 218 valence electrons. The summed E-state index contributed by atoms with van der Waals surface area (Å²) < 4.78 is 5.90. The second-order valence-corrected chi connectivity index (χ2v) is 11.9. The second-order valence-electron chi connectivity index (χ2n) is 11.9. The van der Waals surface area contributed by atoms with Gasteiger partial charge < -0.3 is 15.2 Å². The van der Waals surface area contributed by atoms with Gasteiger partial charge in [-0.25, -0.2) is 0 Å². The Labute approximate surface area is 243 Å². The van der Waals surface area contributed by atoms with Crippen molar-refractivity contribution in [3.63, 3.8) is 0 Å². The number of allylic oxidation sites excluding steroid dienone is 1. The molecule has 41 heavy (non-hydrogen) atoms. The number of likely N-dealkylation sites (tertiary alicyclic amines) is 1. The molecule has 1 amide bonds. The maximum absolute atomic E-state index is 12.8. The van der Waals surface area contributed by atoms with Crippen LogP contribution in [-0.4, -0.2) is 58.5 Å². The Balaban J connectivity index is 0.000000367. The average Bonchev–Trinajstić information content (AvgIpc) is 3.19. The summed E-state index contributed by atoms with van der Waals surface area (Å²) in [4.78, 5) is 30.6. The lowest BCUT2D eigenvalue weighted by atomic mass is 9.70. The number of aliphatic hydroxyl groups is 1. The van der Waals surface area contributed by atoms with Crippen molar-refractivity contribution in [3.05, 3.63) is 58.9 Å². The molecule has 3 heterocycles. The molecule has 0 bridgehead atoms. The van der Waals surface area contributed by atoms with Crippen molar-refractivity contribution < 1.29 is 19.4 Å². The summed E-state index contributed by atoms with van der Waals surface area (Å²) in [6.45, 7) is 10.4. The van der Waals surface area contributed by atoms with E-state index in [0.717, 1.165) is 60.9 Å². The number of benzene rings is 1. The highest BCUT2D eigenvalue weighted by Gasteiger charge is 2.48. The van der Waals surface area contributed by atoms with Crippen molar-refractivity contribution >= 4 is 23.5 Å². The van der Waals surface area contributed by atoms with E-state index in [-0.39, 0.29) is 17.3 Å². The van der Waals surface area contributed by atoms with Crippen LogP contribution in [0, 0.1) is 24.2 Å². The molecule has 2 fully saturated rings. The van der Waals surface area contributed by atoms with Crippen molar-refractivity contribution in [2.75, 3.05) is 31.6 Å². The zero-order valence-corrected chi connectivity index (χ0v) is 24.7. The van der Waals surface area contributed by atoms with Gasteiger partial charge in [0.25, 0.3) is 0 Å². The molecule has 8 heteroatoms. The van der Waals surface area contributed by atoms with Crippen molar-refractivity contribution in [2.45, 2.75) is 77.2 Å². The molecule has 1 saturated heterocycles. The minimum Gasteiger partial charge on any atom is -0.491 e. The Hall–Kier alpha value is -3.54. The number of aryl methyl sites for hydroxylation is 1. The van der Waals surface area contributed by atoms with Gasteiger partial charge >= 0.3 is 0 Å². The minimum atomic E-state index is -0.543. The third-order valence-electron chi connectivity index (χ3n) is 8.49. The molecule has 1 aliphatic carbocycles. The molecule has 0 radical (unpaired) electrons. The average molecular weight is 559 g/mol. The van der Waals surface area contributed by atoms with Gasteiger partial charge in [0.1, 0.15) is 12.4 Å². The van der Waals surface area contributed by atoms with Crippen molar-refractivity contribution in [3.8, 4) is 11.8 Å². The second kappa shape index (κ2) is 13.0. The number of aromatic nitrogens is 1. The fraction of sp³-hybridized carbons (Fsp3) is 0.515. The standard InChI is InChI=1S/C25H26N4O3.C8H16O/c1-17(30)3-5-20-14-21(16-27-18(20)2)32-12-11-29-9-7-25(8-10-29)22-13-19(15-26)4-6-23(22)28-24(25)31;1-3-4-7-5-8(2,9)6-7/h3-6,13-14,16H,7-12H2,1-2H3,(H,28,31);7,9H,3-6H2,1-2H3/b5-3-;. The van der Waals surface area contributed by atoms with Gasteiger partial charge in [0.2, 0.25) is 5.91 Å². The number of hydrogen-bond acceptors (Lipinski definition) is 7. The number of nitriles is 1. The van der Waals surface area contributed by atoms with Crippen LogP contribution in [-0.2, 0) is 15.0 Å². The molecule has 1 saturated carbocycles. The number of amides is 1. The van der Waals surface area contributed by atoms with E-state index in [1.807, 2.05) is 32.0 Å². The van der Waals surface area contributed by atoms with Crippen LogP contribution in [0.2, 0.25) is 0 Å². The van der Waals surface area contributed by atoms with Crippen LogP contribution in [0.3, 0.4) is 0 Å². The highest BCUT2D eigenvalue weighted by Crippen LogP contribution is 2.45. The molecule has 2 N–H and O–H groups in total. The highest BCUT2D eigenvalue weighted by atomic mass is 16.5. The minimum absolute atomic E-state index is 0.0130. The predicted octanol–water partition coefficient (Wildman–Crippen LogP) is 5.18. The van der Waals surface area contributed by atoms with Crippen LogP contribution in [0.15, 0.2) is 36.5 Å². The summed E-state index contributed by atoms with van der Waals surface area (Å²) in [6, 6.07) is 9.49. The van der Waals surface area contributed by atoms with Gasteiger partial charge in [-0.15, -0.1) is 0 Å². The Morgan fingerprint density at radius 3 is 2.66 bits per heavy atom. The molecule has 5 rings (SSSR count). The number of nitrogens with one attached hydrogen (secondary N) is 1. The normalized spacial score (nSPS) is 22.7. The van der Waals surface area contributed by atoms with Crippen molar-refractivity contribution in [2.24, 2.45) is 5.92 Å². The van der Waals surface area contributed by atoms with Crippen LogP contribution < -0.4 is 10.1 Å². The van der Waals surface area contributed by atoms with E-state index in [0.29, 0.717) is 30.8 Å². The number of anilines is 1. The Kier molecular flexibility index (Phi) is 9.62. The zero-order chi connectivity index (χ0) is 29.6. The van der Waals surface area contributed by atoms with Gasteiger partial charge in [-0.05, 0) is 113 Å². The van der Waals surface area contributed by atoms with E-state index in [9.17, 15) is 20.0 Å². The summed E-state index contributed by atoms with van der Waals surface area (Å²) in [5.41, 5.74) is 3.21. The number of carbonyl (C=O) groups is 2. The van der Waals surface area contributed by atoms with E-state index >= 15 is 0 Å². The third kappa shape index (κ3) is 7.41. The number of fused-ring (bicyclic) bond motifs is 2. The first-order chi connectivity index (χ1) is 19.5. The predicted molar refractivity (Wildman–Crippen MR) is 160 cm³/mol. The zero-order valence-electron chi connectivity index (χ0n) is 24.7. The van der Waals surface area contributed by atoms with Gasteiger partial charge in [0, 0.05) is 17.9 Å². The fourth-order valence-corrected chi connectivity index (χ4v) is 6.21. The lowest BCUT2D eigenvalue weighted by molar-refractivity contribution is -0.122. The fourth-order valence-electron chi connectivity index (χ4n) is 6.21. The molecule has 2 aromatic rings. The van der Waals surface area contributed by atoms with E-state index in [1.165, 1.54) is 25.8 Å². The molecule has 1 aromatic carbocycles. The van der Waals surface area contributed by atoms with Crippen LogP contribution in [0.1, 0.15) is 81.7 Å². The molecular formula is C33H42N4O4. The van der Waals surface area contributed by atoms with Gasteiger partial charge in [-0.3, -0.25) is 19.5 Å². The lowest BCUT2D eigenvalue weighted by Gasteiger charge is -2.40. The number of nitrogens with zero attached hydrogens (tertiary/aromatic N) is 3. The van der Waals surface area contributed by atoms with Crippen LogP contribution in [0.5, 0.6) is 5.75 Å². The highest BCUT2D eigenvalue weighted by molar-refractivity contribution is 6.06. The smallest absolute Gasteiger partial charge is 0.235 e. The van der Waals surface area contributed by atoms with Crippen molar-refractivity contribution in [1.29, 1.82) is 5.26 Å². The van der Waals surface area contributed by atoms with Crippen LogP contribution in [0.25, 0.3) is 6.08 Å². The number of carbonyl (C=O) groups excluding carboxylic acids is 2. The van der Waals surface area contributed by atoms with Gasteiger partial charge in [-0.1, -0.05) is 19.8 Å². The molecule has 0 unspecified atom stereocenters. The number of ketones is 1. The number of hydrogen-bond donors (Lipinski definition) is 2. The topological polar surface area (TPSA) is 116 Å². The number of piperidine rings is 1. The first kappa shape index (κ1) is 30.4. The SMILES string of the molecule is CC(=O)/C=C\c1cc(OCCN2CCC3(CC2)C(=O)Nc2ccc(C#N)cc23)cnc1C.CCCC1CC(C)(O)C1. The first-order valence-corrected chi connectivity index (χ1v) is 14.6. The Morgan fingerprint density at radius 1 is 1.29 bits per heavy atom. The lowest BCUT2D eigenvalue weighted by Crippen LogP contribution is -2.47. The van der Waals surface area contributed by atoms with Crippen LogP contribution >= 0.6 is 0 Å². The summed E-state index contributed by atoms with van der Waals surface area (Å²) in [7, 11) is 0. The molecule has 1 spiro atoms. The molecule has 8 nitrogen and oxygen atoms in total. The van der Waals surface area contributed by atoms with Gasteiger partial charge in [0.15, 0.2) is 5.78 Å². The van der Waals surface area contributed by atoms with E-state index in [1.54, 1.807) is 18.3 Å². The first-order valence-electron chi connectivity index (χ1n) is 14.6. The molecule has 0 atom stereocenters. The molecule has 3 aliphatic rings. The quantitative estimate of drug-likeness (QED) is 0.429. The number of rotatable bonds is 8. The van der Waals surface area contributed by atoms with Crippen LogP contribution in [0.4, 0.5) is 5.69 Å². The van der Waals surface area contributed by atoms with E-state index in [4.69, 9.17) is 4.74 Å². The Morgan fingerprint density at radius 2 is 2.02 bits per heavy atom. The summed E-state index contributed by atoms with van der Waals surface area (Å²) in [5, 5.41) is 21.5. The molecule has 1 aromatic heterocycles. The van der Waals surface area contributed by atoms with E-state index in [2.05, 4.69) is 28.2 Å². The maximum atomic E-state index is 12.8. The number of pyridine rings is 1. The summed E-state index contributed by atoms with van der Waals surface area (Å²) in [6.07, 6.45) is 11.0. The van der Waals surface area contributed by atoms with Gasteiger partial charge in [-0.2, -0.15) is 5.26 Å². The molecular weight excluding hydrogens is 516 g/mol. The van der Waals surface area contributed by atoms with Crippen molar-refractivity contribution in [1.82, 2.24) is 9.88 Å². The summed E-state index contributed by atoms with van der Waals surface area (Å²) in [5.74, 6) is 1.52. The number of ether oxygens (including phenoxy) is 1. The largest absolute Gasteiger partial charge is 0.491 e. The maximum Gasteiger partial charge on any atom is 0.235 e. The summed E-state index contributed by atoms with van der Waals surface area (Å²) >= 11 is 0. The molecule has 2 aliphatic heterocycles. The van der Waals surface area contributed by atoms with Gasteiger partial charge in [0.05, 0.1) is 28.8 Å². The van der Waals surface area contributed by atoms with E-state index < -0.39 is 5.41 Å². The third-order valence-corrected chi connectivity index (χ3v) is 8.49. The monoisotopic (exact) mass is 558 g/mol.